The zero-order valence-electron chi connectivity index (χ0n) is 8.17. The Kier molecular flexibility index (Phi) is 2.05. The fourth-order valence-corrected chi connectivity index (χ4v) is 1.61. The van der Waals surface area contributed by atoms with E-state index < -0.39 is 0 Å². The maximum atomic E-state index is 2.30. The van der Waals surface area contributed by atoms with Gasteiger partial charge in [-0.05, 0) is 30.7 Å². The van der Waals surface area contributed by atoms with E-state index in [9.17, 15) is 0 Å². The van der Waals surface area contributed by atoms with Gasteiger partial charge in [0.05, 0.1) is 0 Å². The van der Waals surface area contributed by atoms with E-state index in [0.29, 0.717) is 0 Å². The zero-order valence-corrected chi connectivity index (χ0v) is 8.17. The Hall–Kier alpha value is -1.30. The smallest absolute Gasteiger partial charge is 0.0127 e. The van der Waals surface area contributed by atoms with Gasteiger partial charge < -0.3 is 0 Å². The second-order valence-corrected chi connectivity index (χ2v) is 3.64. The molecule has 0 saturated heterocycles. The van der Waals surface area contributed by atoms with E-state index in [1.807, 2.05) is 0 Å². The number of hydrogen-bond acceptors (Lipinski definition) is 0. The molecule has 66 valence electrons. The SMILES string of the molecule is CC1=C(C)CC=c2ccccc2=C1. The highest BCUT2D eigenvalue weighted by atomic mass is 14.0. The van der Waals surface area contributed by atoms with Crippen LogP contribution < -0.4 is 10.4 Å². The van der Waals surface area contributed by atoms with Crippen molar-refractivity contribution >= 4 is 12.2 Å². The molecule has 0 nitrogen and oxygen atoms in total. The van der Waals surface area contributed by atoms with Crippen LogP contribution in [0.1, 0.15) is 20.3 Å². The molecule has 0 spiro atoms. The number of fused-ring (bicyclic) bond motifs is 1. The van der Waals surface area contributed by atoms with Crippen molar-refractivity contribution in [1.82, 2.24) is 0 Å². The molecule has 1 aliphatic rings. The lowest BCUT2D eigenvalue weighted by Crippen LogP contribution is -2.22. The largest absolute Gasteiger partial charge is 0.0726 e. The molecule has 0 heterocycles. The van der Waals surface area contributed by atoms with Crippen molar-refractivity contribution in [2.75, 3.05) is 0 Å². The molecule has 13 heavy (non-hydrogen) atoms. The first-order chi connectivity index (χ1) is 6.27. The highest BCUT2D eigenvalue weighted by Crippen LogP contribution is 2.10. The molecule has 0 unspecified atom stereocenters. The number of allylic oxidation sites excluding steroid dienone is 2. The average molecular weight is 170 g/mol. The predicted molar refractivity (Wildman–Crippen MR) is 57.6 cm³/mol. The van der Waals surface area contributed by atoms with Crippen LogP contribution in [0.15, 0.2) is 35.4 Å². The Morgan fingerprint density at radius 3 is 2.46 bits per heavy atom. The number of benzene rings is 1. The van der Waals surface area contributed by atoms with Crippen molar-refractivity contribution in [2.45, 2.75) is 20.3 Å². The molecular weight excluding hydrogens is 156 g/mol. The summed E-state index contributed by atoms with van der Waals surface area (Å²) in [5.74, 6) is 0. The standard InChI is InChI=1S/C13H14/c1-10-7-8-12-5-3-4-6-13(12)9-11(10)2/h3-6,8-9H,7H2,1-2H3. The minimum atomic E-state index is 1.08. The zero-order chi connectivity index (χ0) is 9.26. The highest BCUT2D eigenvalue weighted by Gasteiger charge is 1.96. The van der Waals surface area contributed by atoms with Crippen LogP contribution in [0.5, 0.6) is 0 Å². The lowest BCUT2D eigenvalue weighted by atomic mass is 10.1. The minimum absolute atomic E-state index is 1.08. The topological polar surface area (TPSA) is 0 Å². The maximum Gasteiger partial charge on any atom is -0.0127 e. The summed E-state index contributed by atoms with van der Waals surface area (Å²) in [5, 5.41) is 2.70. The van der Waals surface area contributed by atoms with E-state index in [4.69, 9.17) is 0 Å². The van der Waals surface area contributed by atoms with E-state index in [-0.39, 0.29) is 0 Å². The second-order valence-electron chi connectivity index (χ2n) is 3.64. The van der Waals surface area contributed by atoms with Gasteiger partial charge in [0.25, 0.3) is 0 Å². The third-order valence-corrected chi connectivity index (χ3v) is 2.67. The third-order valence-electron chi connectivity index (χ3n) is 2.67. The molecule has 0 N–H and O–H groups in total. The molecule has 0 aliphatic heterocycles. The molecular formula is C13H14. The normalized spacial score (nSPS) is 15.5. The van der Waals surface area contributed by atoms with Gasteiger partial charge in [-0.3, -0.25) is 0 Å². The molecule has 1 aliphatic carbocycles. The lowest BCUT2D eigenvalue weighted by Gasteiger charge is -1.96. The Morgan fingerprint density at radius 1 is 1.00 bits per heavy atom. The van der Waals surface area contributed by atoms with E-state index in [1.165, 1.54) is 21.6 Å². The van der Waals surface area contributed by atoms with Crippen LogP contribution in [0, 0.1) is 0 Å². The monoisotopic (exact) mass is 170 g/mol. The van der Waals surface area contributed by atoms with Gasteiger partial charge in [-0.15, -0.1) is 0 Å². The summed E-state index contributed by atoms with van der Waals surface area (Å²) in [6.07, 6.45) is 5.66. The summed E-state index contributed by atoms with van der Waals surface area (Å²) in [4.78, 5) is 0. The highest BCUT2D eigenvalue weighted by molar-refractivity contribution is 5.52. The lowest BCUT2D eigenvalue weighted by molar-refractivity contribution is 1.22. The molecule has 1 aromatic carbocycles. The Balaban J connectivity index is 2.75. The van der Waals surface area contributed by atoms with Gasteiger partial charge >= 0.3 is 0 Å². The molecule has 0 bridgehead atoms. The van der Waals surface area contributed by atoms with Crippen molar-refractivity contribution in [3.8, 4) is 0 Å². The average Bonchev–Trinajstić information content (AvgIpc) is 2.28. The van der Waals surface area contributed by atoms with E-state index >= 15 is 0 Å². The van der Waals surface area contributed by atoms with Crippen LogP contribution in [0.4, 0.5) is 0 Å². The summed E-state index contributed by atoms with van der Waals surface area (Å²) in [6.45, 7) is 4.39. The molecule has 2 rings (SSSR count). The molecule has 1 aromatic rings. The summed E-state index contributed by atoms with van der Waals surface area (Å²) < 4.78 is 0. The van der Waals surface area contributed by atoms with Crippen LogP contribution in [-0.4, -0.2) is 0 Å². The van der Waals surface area contributed by atoms with Crippen LogP contribution in [-0.2, 0) is 0 Å². The number of hydrogen-bond donors (Lipinski definition) is 0. The van der Waals surface area contributed by atoms with E-state index in [1.54, 1.807) is 0 Å². The van der Waals surface area contributed by atoms with Crippen molar-refractivity contribution in [1.29, 1.82) is 0 Å². The van der Waals surface area contributed by atoms with Gasteiger partial charge in [0.2, 0.25) is 0 Å². The van der Waals surface area contributed by atoms with Gasteiger partial charge in [0.1, 0.15) is 0 Å². The summed E-state index contributed by atoms with van der Waals surface area (Å²) in [6, 6.07) is 8.54. The van der Waals surface area contributed by atoms with Crippen molar-refractivity contribution in [3.63, 3.8) is 0 Å². The number of rotatable bonds is 0. The molecule has 0 heteroatoms. The summed E-state index contributed by atoms with van der Waals surface area (Å²) >= 11 is 0. The maximum absolute atomic E-state index is 2.30. The minimum Gasteiger partial charge on any atom is -0.0726 e. The Bertz CT molecular complexity index is 461. The first kappa shape index (κ1) is 8.31. The van der Waals surface area contributed by atoms with Crippen LogP contribution in [0.2, 0.25) is 0 Å². The van der Waals surface area contributed by atoms with Crippen molar-refractivity contribution in [2.24, 2.45) is 0 Å². The third kappa shape index (κ3) is 1.57. The van der Waals surface area contributed by atoms with Gasteiger partial charge in [-0.1, -0.05) is 47.6 Å². The fraction of sp³-hybridized carbons (Fsp3) is 0.231. The van der Waals surface area contributed by atoms with E-state index in [0.717, 1.165) is 6.42 Å². The first-order valence-electron chi connectivity index (χ1n) is 4.71. The van der Waals surface area contributed by atoms with Gasteiger partial charge in [0.15, 0.2) is 0 Å². The van der Waals surface area contributed by atoms with Crippen LogP contribution >= 0.6 is 0 Å². The summed E-state index contributed by atoms with van der Waals surface area (Å²) in [5.41, 5.74) is 2.87. The fourth-order valence-electron chi connectivity index (χ4n) is 1.61. The predicted octanol–water partition coefficient (Wildman–Crippen LogP) is 1.99. The molecule has 0 aromatic heterocycles. The molecule has 0 fully saturated rings. The van der Waals surface area contributed by atoms with Crippen molar-refractivity contribution in [3.05, 3.63) is 45.8 Å². The first-order valence-corrected chi connectivity index (χ1v) is 4.71. The van der Waals surface area contributed by atoms with Crippen LogP contribution in [0.25, 0.3) is 12.2 Å². The van der Waals surface area contributed by atoms with Gasteiger partial charge in [0, 0.05) is 0 Å². The van der Waals surface area contributed by atoms with Crippen LogP contribution in [0.3, 0.4) is 0 Å². The second kappa shape index (κ2) is 3.21. The molecule has 0 saturated carbocycles. The molecule has 0 radical (unpaired) electrons. The molecule has 0 amide bonds. The van der Waals surface area contributed by atoms with E-state index in [2.05, 4.69) is 50.3 Å². The van der Waals surface area contributed by atoms with Crippen molar-refractivity contribution < 1.29 is 0 Å². The van der Waals surface area contributed by atoms with Gasteiger partial charge in [-0.2, -0.15) is 0 Å². The quantitative estimate of drug-likeness (QED) is 0.558. The Morgan fingerprint density at radius 2 is 1.69 bits per heavy atom. The Labute approximate surface area is 78.9 Å². The van der Waals surface area contributed by atoms with Gasteiger partial charge in [-0.25, -0.2) is 0 Å². The summed E-state index contributed by atoms with van der Waals surface area (Å²) in [7, 11) is 0. The molecule has 0 atom stereocenters.